The molecule has 2 heterocycles. The molecule has 0 aliphatic carbocycles. The van der Waals surface area contributed by atoms with Crippen LogP contribution in [0.3, 0.4) is 0 Å². The summed E-state index contributed by atoms with van der Waals surface area (Å²) >= 11 is 4.99. The molecule has 72 valence electrons. The van der Waals surface area contributed by atoms with Crippen molar-refractivity contribution < 1.29 is 5.11 Å². The Morgan fingerprint density at radius 3 is 3.00 bits per heavy atom. The Hall–Kier alpha value is -0.780. The standard InChI is InChI=1S/C9H7BrN2OS/c10-6-3-8(14-5-6)7-1-2-11-9(4-13)12-7/h1-3,5,13H,4H2. The number of aromatic nitrogens is 2. The van der Waals surface area contributed by atoms with Crippen LogP contribution in [0.4, 0.5) is 0 Å². The Balaban J connectivity index is 2.41. The van der Waals surface area contributed by atoms with Gasteiger partial charge in [-0.1, -0.05) is 0 Å². The van der Waals surface area contributed by atoms with E-state index in [-0.39, 0.29) is 6.61 Å². The molecule has 2 aromatic heterocycles. The summed E-state index contributed by atoms with van der Waals surface area (Å²) in [5.74, 6) is 0.451. The molecule has 0 saturated carbocycles. The first-order valence-electron chi connectivity index (χ1n) is 3.97. The second kappa shape index (κ2) is 4.16. The largest absolute Gasteiger partial charge is 0.388 e. The summed E-state index contributed by atoms with van der Waals surface area (Å²) in [4.78, 5) is 9.19. The Labute approximate surface area is 93.6 Å². The average Bonchev–Trinajstić information content (AvgIpc) is 2.65. The minimum absolute atomic E-state index is 0.125. The van der Waals surface area contributed by atoms with Gasteiger partial charge in [-0.15, -0.1) is 11.3 Å². The van der Waals surface area contributed by atoms with Crippen LogP contribution in [0.2, 0.25) is 0 Å². The highest BCUT2D eigenvalue weighted by molar-refractivity contribution is 9.10. The molecule has 0 atom stereocenters. The zero-order chi connectivity index (χ0) is 9.97. The zero-order valence-corrected chi connectivity index (χ0v) is 9.55. The molecule has 0 radical (unpaired) electrons. The monoisotopic (exact) mass is 270 g/mol. The lowest BCUT2D eigenvalue weighted by molar-refractivity contribution is 0.271. The van der Waals surface area contributed by atoms with Crippen molar-refractivity contribution in [1.29, 1.82) is 0 Å². The van der Waals surface area contributed by atoms with Crippen LogP contribution in [0.5, 0.6) is 0 Å². The maximum absolute atomic E-state index is 8.88. The first-order valence-corrected chi connectivity index (χ1v) is 5.64. The third-order valence-corrected chi connectivity index (χ3v) is 3.38. The van der Waals surface area contributed by atoms with E-state index in [9.17, 15) is 0 Å². The molecule has 0 saturated heterocycles. The van der Waals surface area contributed by atoms with Gasteiger partial charge >= 0.3 is 0 Å². The van der Waals surface area contributed by atoms with Crippen molar-refractivity contribution in [2.24, 2.45) is 0 Å². The van der Waals surface area contributed by atoms with Gasteiger partial charge in [0, 0.05) is 16.0 Å². The summed E-state index contributed by atoms with van der Waals surface area (Å²) in [7, 11) is 0. The summed E-state index contributed by atoms with van der Waals surface area (Å²) in [5.41, 5.74) is 0.847. The van der Waals surface area contributed by atoms with E-state index in [2.05, 4.69) is 25.9 Å². The van der Waals surface area contributed by atoms with E-state index in [0.717, 1.165) is 15.0 Å². The molecule has 0 amide bonds. The average molecular weight is 271 g/mol. The summed E-state index contributed by atoms with van der Waals surface area (Å²) in [6.45, 7) is -0.125. The van der Waals surface area contributed by atoms with Gasteiger partial charge in [0.1, 0.15) is 6.61 Å². The smallest absolute Gasteiger partial charge is 0.154 e. The van der Waals surface area contributed by atoms with Gasteiger partial charge in [-0.2, -0.15) is 0 Å². The maximum Gasteiger partial charge on any atom is 0.154 e. The third-order valence-electron chi connectivity index (χ3n) is 1.67. The Morgan fingerprint density at radius 1 is 1.50 bits per heavy atom. The van der Waals surface area contributed by atoms with Gasteiger partial charge in [0.15, 0.2) is 5.82 Å². The molecule has 0 unspecified atom stereocenters. The lowest BCUT2D eigenvalue weighted by atomic mass is 10.3. The molecule has 2 rings (SSSR count). The van der Waals surface area contributed by atoms with Crippen LogP contribution in [-0.2, 0) is 6.61 Å². The molecule has 0 spiro atoms. The van der Waals surface area contributed by atoms with Crippen LogP contribution >= 0.6 is 27.3 Å². The lowest BCUT2D eigenvalue weighted by Gasteiger charge is -1.97. The van der Waals surface area contributed by atoms with E-state index >= 15 is 0 Å². The molecule has 0 fully saturated rings. The minimum Gasteiger partial charge on any atom is -0.388 e. The quantitative estimate of drug-likeness (QED) is 0.912. The summed E-state index contributed by atoms with van der Waals surface area (Å²) in [6.07, 6.45) is 1.65. The Kier molecular flexibility index (Phi) is 2.90. The SMILES string of the molecule is OCc1nccc(-c2cc(Br)cs2)n1. The number of thiophene rings is 1. The number of halogens is 1. The topological polar surface area (TPSA) is 46.0 Å². The Bertz CT molecular complexity index is 444. The molecule has 0 aliphatic rings. The van der Waals surface area contributed by atoms with Gasteiger partial charge in [0.25, 0.3) is 0 Å². The lowest BCUT2D eigenvalue weighted by Crippen LogP contribution is -1.94. The van der Waals surface area contributed by atoms with Crippen LogP contribution in [0.1, 0.15) is 5.82 Å². The normalized spacial score (nSPS) is 10.4. The van der Waals surface area contributed by atoms with Crippen molar-refractivity contribution in [3.05, 3.63) is 34.0 Å². The van der Waals surface area contributed by atoms with Crippen LogP contribution < -0.4 is 0 Å². The number of aliphatic hydroxyl groups excluding tert-OH is 1. The highest BCUT2D eigenvalue weighted by atomic mass is 79.9. The fraction of sp³-hybridized carbons (Fsp3) is 0.111. The molecule has 0 aliphatic heterocycles. The van der Waals surface area contributed by atoms with Crippen LogP contribution in [-0.4, -0.2) is 15.1 Å². The predicted molar refractivity (Wildman–Crippen MR) is 59.0 cm³/mol. The molecule has 0 aromatic carbocycles. The van der Waals surface area contributed by atoms with Crippen molar-refractivity contribution in [1.82, 2.24) is 9.97 Å². The van der Waals surface area contributed by atoms with Crippen molar-refractivity contribution in [3.8, 4) is 10.6 Å². The van der Waals surface area contributed by atoms with Crippen LogP contribution in [0.25, 0.3) is 10.6 Å². The fourth-order valence-electron chi connectivity index (χ4n) is 1.06. The molecule has 3 nitrogen and oxygen atoms in total. The van der Waals surface area contributed by atoms with E-state index in [1.165, 1.54) is 0 Å². The van der Waals surface area contributed by atoms with E-state index in [1.54, 1.807) is 17.5 Å². The second-order valence-corrected chi connectivity index (χ2v) is 4.47. The van der Waals surface area contributed by atoms with Crippen molar-refractivity contribution in [3.63, 3.8) is 0 Å². The number of aliphatic hydroxyl groups is 1. The van der Waals surface area contributed by atoms with Crippen molar-refractivity contribution in [2.45, 2.75) is 6.61 Å². The molecule has 1 N–H and O–H groups in total. The van der Waals surface area contributed by atoms with Gasteiger partial charge in [0.2, 0.25) is 0 Å². The highest BCUT2D eigenvalue weighted by Gasteiger charge is 2.03. The number of rotatable bonds is 2. The minimum atomic E-state index is -0.125. The zero-order valence-electron chi connectivity index (χ0n) is 7.14. The summed E-state index contributed by atoms with van der Waals surface area (Å²) < 4.78 is 1.04. The van der Waals surface area contributed by atoms with E-state index < -0.39 is 0 Å². The third kappa shape index (κ3) is 2.00. The number of hydrogen-bond donors (Lipinski definition) is 1. The van der Waals surface area contributed by atoms with Crippen LogP contribution in [0, 0.1) is 0 Å². The number of hydrogen-bond acceptors (Lipinski definition) is 4. The molecular weight excluding hydrogens is 264 g/mol. The molecule has 14 heavy (non-hydrogen) atoms. The molecule has 5 heteroatoms. The van der Waals surface area contributed by atoms with Gasteiger partial charge < -0.3 is 5.11 Å². The van der Waals surface area contributed by atoms with E-state index in [1.807, 2.05) is 17.5 Å². The first kappa shape index (κ1) is 9.76. The molecular formula is C9H7BrN2OS. The maximum atomic E-state index is 8.88. The van der Waals surface area contributed by atoms with Gasteiger partial charge in [0.05, 0.1) is 10.6 Å². The second-order valence-electron chi connectivity index (χ2n) is 2.65. The Morgan fingerprint density at radius 2 is 2.36 bits per heavy atom. The van der Waals surface area contributed by atoms with Crippen molar-refractivity contribution >= 4 is 27.3 Å². The van der Waals surface area contributed by atoms with Gasteiger partial charge in [-0.3, -0.25) is 0 Å². The van der Waals surface area contributed by atoms with Gasteiger partial charge in [-0.05, 0) is 28.1 Å². The van der Waals surface area contributed by atoms with Crippen molar-refractivity contribution in [2.75, 3.05) is 0 Å². The molecule has 0 bridgehead atoms. The highest BCUT2D eigenvalue weighted by Crippen LogP contribution is 2.28. The number of nitrogens with zero attached hydrogens (tertiary/aromatic N) is 2. The fourth-order valence-corrected chi connectivity index (χ4v) is 2.46. The van der Waals surface area contributed by atoms with Crippen LogP contribution in [0.15, 0.2) is 28.2 Å². The first-order chi connectivity index (χ1) is 6.79. The van der Waals surface area contributed by atoms with E-state index in [4.69, 9.17) is 5.11 Å². The van der Waals surface area contributed by atoms with Gasteiger partial charge in [-0.25, -0.2) is 9.97 Å². The summed E-state index contributed by atoms with van der Waals surface area (Å²) in [6, 6.07) is 3.82. The molecule has 2 aromatic rings. The van der Waals surface area contributed by atoms with E-state index in [0.29, 0.717) is 5.82 Å². The summed E-state index contributed by atoms with van der Waals surface area (Å²) in [5, 5.41) is 10.9. The predicted octanol–water partition coefficient (Wildman–Crippen LogP) is 2.46.